The zero-order chi connectivity index (χ0) is 10.7. The Bertz CT molecular complexity index is 435. The number of hydrogen-bond acceptors (Lipinski definition) is 3. The maximum Gasteiger partial charge on any atom is 0.157 e. The molecule has 0 saturated heterocycles. The zero-order valence-corrected chi connectivity index (χ0v) is 9.22. The standard InChI is InChI=1S/C11H16N4/c1-3-8-14(4-2)10-6-9-15-11(13-10)5-7-12-15/h5-7,9H,3-4,8H2,1-2H3. The lowest BCUT2D eigenvalue weighted by Crippen LogP contribution is -2.24. The molecule has 0 unspecified atom stereocenters. The molecule has 0 aliphatic carbocycles. The minimum Gasteiger partial charge on any atom is -0.357 e. The summed E-state index contributed by atoms with van der Waals surface area (Å²) in [5.41, 5.74) is 0.905. The average Bonchev–Trinajstić information content (AvgIpc) is 2.72. The molecule has 0 amide bonds. The van der Waals surface area contributed by atoms with Gasteiger partial charge in [0, 0.05) is 25.4 Å². The van der Waals surface area contributed by atoms with E-state index in [0.717, 1.165) is 31.0 Å². The van der Waals surface area contributed by atoms with Crippen molar-refractivity contribution in [3.63, 3.8) is 0 Å². The van der Waals surface area contributed by atoms with E-state index in [1.807, 2.05) is 18.3 Å². The van der Waals surface area contributed by atoms with Gasteiger partial charge in [0.15, 0.2) is 5.65 Å². The maximum absolute atomic E-state index is 4.55. The van der Waals surface area contributed by atoms with E-state index >= 15 is 0 Å². The minimum absolute atomic E-state index is 0.905. The van der Waals surface area contributed by atoms with Gasteiger partial charge in [0.1, 0.15) is 5.82 Å². The molecule has 0 atom stereocenters. The fraction of sp³-hybridized carbons (Fsp3) is 0.455. The Labute approximate surface area is 89.5 Å². The van der Waals surface area contributed by atoms with Crippen LogP contribution < -0.4 is 4.90 Å². The van der Waals surface area contributed by atoms with Crippen molar-refractivity contribution in [3.8, 4) is 0 Å². The van der Waals surface area contributed by atoms with Crippen molar-refractivity contribution >= 4 is 11.5 Å². The first-order valence-corrected chi connectivity index (χ1v) is 5.40. The summed E-state index contributed by atoms with van der Waals surface area (Å²) in [6.07, 6.45) is 4.86. The molecule has 2 aromatic rings. The quantitative estimate of drug-likeness (QED) is 0.763. The van der Waals surface area contributed by atoms with Gasteiger partial charge in [-0.05, 0) is 19.4 Å². The summed E-state index contributed by atoms with van der Waals surface area (Å²) in [4.78, 5) is 6.82. The summed E-state index contributed by atoms with van der Waals surface area (Å²) >= 11 is 0. The van der Waals surface area contributed by atoms with Crippen LogP contribution >= 0.6 is 0 Å². The van der Waals surface area contributed by atoms with E-state index < -0.39 is 0 Å². The van der Waals surface area contributed by atoms with Gasteiger partial charge in [-0.3, -0.25) is 0 Å². The second-order valence-electron chi connectivity index (χ2n) is 3.50. The molecular formula is C11H16N4. The molecule has 0 fully saturated rings. The van der Waals surface area contributed by atoms with Crippen LogP contribution in [0.1, 0.15) is 20.3 Å². The van der Waals surface area contributed by atoms with Crippen molar-refractivity contribution in [1.29, 1.82) is 0 Å². The van der Waals surface area contributed by atoms with Gasteiger partial charge in [-0.2, -0.15) is 5.10 Å². The summed E-state index contributed by atoms with van der Waals surface area (Å²) in [6, 6.07) is 3.93. The summed E-state index contributed by atoms with van der Waals surface area (Å²) in [7, 11) is 0. The largest absolute Gasteiger partial charge is 0.357 e. The predicted molar refractivity (Wildman–Crippen MR) is 61.2 cm³/mol. The van der Waals surface area contributed by atoms with E-state index in [2.05, 4.69) is 28.8 Å². The Hall–Kier alpha value is -1.58. The van der Waals surface area contributed by atoms with E-state index in [9.17, 15) is 0 Å². The topological polar surface area (TPSA) is 33.4 Å². The van der Waals surface area contributed by atoms with Crippen molar-refractivity contribution in [3.05, 3.63) is 24.5 Å². The molecule has 0 aliphatic rings. The Morgan fingerprint density at radius 2 is 2.20 bits per heavy atom. The molecular weight excluding hydrogens is 188 g/mol. The molecule has 0 N–H and O–H groups in total. The van der Waals surface area contributed by atoms with Crippen molar-refractivity contribution in [2.24, 2.45) is 0 Å². The van der Waals surface area contributed by atoms with E-state index in [0.29, 0.717) is 0 Å². The van der Waals surface area contributed by atoms with E-state index in [4.69, 9.17) is 0 Å². The third-order valence-corrected chi connectivity index (χ3v) is 2.44. The molecule has 4 heteroatoms. The van der Waals surface area contributed by atoms with Gasteiger partial charge in [0.2, 0.25) is 0 Å². The van der Waals surface area contributed by atoms with Crippen LogP contribution in [0.3, 0.4) is 0 Å². The normalized spacial score (nSPS) is 10.8. The van der Waals surface area contributed by atoms with Crippen LogP contribution in [0.5, 0.6) is 0 Å². The number of rotatable bonds is 4. The molecule has 0 saturated carbocycles. The highest BCUT2D eigenvalue weighted by atomic mass is 15.3. The molecule has 2 rings (SSSR count). The second kappa shape index (κ2) is 4.29. The lowest BCUT2D eigenvalue weighted by Gasteiger charge is -2.20. The van der Waals surface area contributed by atoms with Crippen LogP contribution in [0, 0.1) is 0 Å². The Morgan fingerprint density at radius 3 is 2.93 bits per heavy atom. The molecule has 0 radical (unpaired) electrons. The number of fused-ring (bicyclic) bond motifs is 1. The van der Waals surface area contributed by atoms with Crippen molar-refractivity contribution < 1.29 is 0 Å². The van der Waals surface area contributed by atoms with Crippen LogP contribution in [0.4, 0.5) is 5.82 Å². The molecule has 2 aromatic heterocycles. The molecule has 15 heavy (non-hydrogen) atoms. The first-order chi connectivity index (χ1) is 7.35. The van der Waals surface area contributed by atoms with Crippen molar-refractivity contribution in [2.45, 2.75) is 20.3 Å². The van der Waals surface area contributed by atoms with Crippen LogP contribution in [-0.4, -0.2) is 27.7 Å². The lowest BCUT2D eigenvalue weighted by molar-refractivity contribution is 0.775. The third-order valence-electron chi connectivity index (χ3n) is 2.44. The summed E-state index contributed by atoms with van der Waals surface area (Å²) in [5.74, 6) is 1.03. The number of anilines is 1. The molecule has 0 aliphatic heterocycles. The highest BCUT2D eigenvalue weighted by Gasteiger charge is 2.05. The fourth-order valence-electron chi connectivity index (χ4n) is 1.68. The fourth-order valence-corrected chi connectivity index (χ4v) is 1.68. The Balaban J connectivity index is 2.33. The molecule has 2 heterocycles. The summed E-state index contributed by atoms with van der Waals surface area (Å²) in [6.45, 7) is 6.37. The van der Waals surface area contributed by atoms with E-state index in [1.54, 1.807) is 10.7 Å². The zero-order valence-electron chi connectivity index (χ0n) is 9.22. The van der Waals surface area contributed by atoms with Gasteiger partial charge in [0.25, 0.3) is 0 Å². The van der Waals surface area contributed by atoms with Crippen LogP contribution in [0.25, 0.3) is 5.65 Å². The second-order valence-corrected chi connectivity index (χ2v) is 3.50. The molecule has 80 valence electrons. The first-order valence-electron chi connectivity index (χ1n) is 5.40. The first kappa shape index (κ1) is 9.96. The molecule has 0 aromatic carbocycles. The van der Waals surface area contributed by atoms with Gasteiger partial charge in [-0.1, -0.05) is 6.92 Å². The molecule has 0 bridgehead atoms. The Morgan fingerprint density at radius 1 is 1.33 bits per heavy atom. The van der Waals surface area contributed by atoms with Gasteiger partial charge in [0.05, 0.1) is 6.20 Å². The smallest absolute Gasteiger partial charge is 0.157 e. The van der Waals surface area contributed by atoms with Crippen molar-refractivity contribution in [1.82, 2.24) is 14.6 Å². The Kier molecular flexibility index (Phi) is 2.85. The van der Waals surface area contributed by atoms with Gasteiger partial charge in [-0.25, -0.2) is 9.50 Å². The lowest BCUT2D eigenvalue weighted by atomic mass is 10.4. The average molecular weight is 204 g/mol. The number of hydrogen-bond donors (Lipinski definition) is 0. The highest BCUT2D eigenvalue weighted by molar-refractivity contribution is 5.47. The van der Waals surface area contributed by atoms with Gasteiger partial charge < -0.3 is 4.90 Å². The molecule has 0 spiro atoms. The summed E-state index contributed by atoms with van der Waals surface area (Å²) in [5, 5.41) is 4.13. The van der Waals surface area contributed by atoms with E-state index in [-0.39, 0.29) is 0 Å². The molecule has 4 nitrogen and oxygen atoms in total. The monoisotopic (exact) mass is 204 g/mol. The third kappa shape index (κ3) is 1.93. The van der Waals surface area contributed by atoms with Crippen LogP contribution in [0.15, 0.2) is 24.5 Å². The highest BCUT2D eigenvalue weighted by Crippen LogP contribution is 2.11. The van der Waals surface area contributed by atoms with Crippen molar-refractivity contribution in [2.75, 3.05) is 18.0 Å². The maximum atomic E-state index is 4.55. The van der Waals surface area contributed by atoms with Crippen LogP contribution in [-0.2, 0) is 0 Å². The van der Waals surface area contributed by atoms with Crippen LogP contribution in [0.2, 0.25) is 0 Å². The van der Waals surface area contributed by atoms with Gasteiger partial charge in [-0.15, -0.1) is 0 Å². The van der Waals surface area contributed by atoms with E-state index in [1.165, 1.54) is 0 Å². The number of aromatic nitrogens is 3. The predicted octanol–water partition coefficient (Wildman–Crippen LogP) is 1.97. The van der Waals surface area contributed by atoms with Gasteiger partial charge >= 0.3 is 0 Å². The SMILES string of the molecule is CCCN(CC)c1ccn2nccc2n1. The minimum atomic E-state index is 0.905. The summed E-state index contributed by atoms with van der Waals surface area (Å²) < 4.78 is 1.78. The number of nitrogens with zero attached hydrogens (tertiary/aromatic N) is 4.